The van der Waals surface area contributed by atoms with Crippen molar-refractivity contribution in [1.82, 2.24) is 15.0 Å². The molecule has 0 amide bonds. The quantitative estimate of drug-likeness (QED) is 0.520. The number of benzene rings is 1. The maximum Gasteiger partial charge on any atom is 0.433 e. The second-order valence-corrected chi connectivity index (χ2v) is 7.61. The minimum absolute atomic E-state index is 0.286. The van der Waals surface area contributed by atoms with E-state index in [1.54, 1.807) is 19.1 Å². The average Bonchev–Trinajstić information content (AvgIpc) is 3.10. The zero-order valence-corrected chi connectivity index (χ0v) is 16.2. The minimum atomic E-state index is -4.90. The summed E-state index contributed by atoms with van der Waals surface area (Å²) in [5.41, 5.74) is -2.74. The van der Waals surface area contributed by atoms with Gasteiger partial charge in [0.2, 0.25) is 11.5 Å². The zero-order valence-electron chi connectivity index (χ0n) is 15.4. The first-order valence-electron chi connectivity index (χ1n) is 8.32. The number of aryl methyl sites for hydroxylation is 1. The molecule has 0 saturated heterocycles. The van der Waals surface area contributed by atoms with Gasteiger partial charge in [-0.3, -0.25) is 0 Å². The van der Waals surface area contributed by atoms with Gasteiger partial charge >= 0.3 is 12.4 Å². The van der Waals surface area contributed by atoms with Gasteiger partial charge in [0.05, 0.1) is 4.88 Å². The normalized spacial score (nSPS) is 14.4. The van der Waals surface area contributed by atoms with Gasteiger partial charge in [0.25, 0.3) is 0 Å². The van der Waals surface area contributed by atoms with Gasteiger partial charge < -0.3 is 10.4 Å². The van der Waals surface area contributed by atoms with Crippen LogP contribution in [0.1, 0.15) is 23.2 Å². The molecule has 3 rings (SSSR count). The topological polar surface area (TPSA) is 70.9 Å². The molecule has 0 bridgehead atoms. The zero-order chi connectivity index (χ0) is 22.3. The molecule has 5 nitrogen and oxygen atoms in total. The van der Waals surface area contributed by atoms with Crippen LogP contribution < -0.4 is 5.32 Å². The van der Waals surface area contributed by atoms with Crippen LogP contribution in [-0.4, -0.2) is 26.2 Å². The third-order valence-corrected chi connectivity index (χ3v) is 5.30. The first kappa shape index (κ1) is 22.0. The van der Waals surface area contributed by atoms with Crippen molar-refractivity contribution in [2.75, 3.05) is 5.32 Å². The van der Waals surface area contributed by atoms with E-state index in [4.69, 9.17) is 0 Å². The van der Waals surface area contributed by atoms with E-state index in [2.05, 4.69) is 20.3 Å². The summed E-state index contributed by atoms with van der Waals surface area (Å²) in [6, 6.07) is 5.52. The van der Waals surface area contributed by atoms with Crippen LogP contribution in [0.5, 0.6) is 0 Å². The molecule has 160 valence electrons. The van der Waals surface area contributed by atoms with Crippen LogP contribution in [0.3, 0.4) is 0 Å². The first-order chi connectivity index (χ1) is 13.8. The number of nitrogens with zero attached hydrogens (tertiary/aromatic N) is 3. The van der Waals surface area contributed by atoms with Crippen LogP contribution in [0.25, 0.3) is 10.4 Å². The lowest BCUT2D eigenvalue weighted by Gasteiger charge is -2.23. The van der Waals surface area contributed by atoms with Crippen LogP contribution >= 0.6 is 11.3 Å². The summed E-state index contributed by atoms with van der Waals surface area (Å²) in [5.74, 6) is -0.286. The summed E-state index contributed by atoms with van der Waals surface area (Å²) in [5, 5.41) is 11.9. The van der Waals surface area contributed by atoms with E-state index in [1.165, 1.54) is 12.3 Å². The average molecular weight is 448 g/mol. The molecule has 12 heteroatoms. The lowest BCUT2D eigenvalue weighted by molar-refractivity contribution is -0.258. The van der Waals surface area contributed by atoms with Gasteiger partial charge in [-0.1, -0.05) is 6.07 Å². The van der Waals surface area contributed by atoms with Crippen molar-refractivity contribution in [1.29, 1.82) is 0 Å². The number of nitrogens with one attached hydrogen (secondary N) is 1. The fraction of sp³-hybridized carbons (Fsp3) is 0.278. The van der Waals surface area contributed by atoms with Gasteiger partial charge in [-0.25, -0.2) is 15.0 Å². The predicted octanol–water partition coefficient (Wildman–Crippen LogP) is 5.44. The summed E-state index contributed by atoms with van der Waals surface area (Å²) < 4.78 is 77.5. The number of hydrogen-bond donors (Lipinski definition) is 2. The van der Waals surface area contributed by atoms with Crippen molar-refractivity contribution < 1.29 is 31.4 Å². The molecule has 1 atom stereocenters. The standard InChI is InChI=1S/C18H14F6N4OS/c1-9-5-10(12-8-26-14(30-12)16(2,29)18(22,23)24)7-11(6-9)27-15-25-4-3-13(28-15)17(19,20)21/h3-8,29H,1-2H3,(H,25,27,28). The Bertz CT molecular complexity index is 1060. The second kappa shape index (κ2) is 7.51. The Morgan fingerprint density at radius 2 is 1.73 bits per heavy atom. The number of thiazole rings is 1. The second-order valence-electron chi connectivity index (χ2n) is 6.58. The fourth-order valence-electron chi connectivity index (χ4n) is 2.46. The smallest absolute Gasteiger partial charge is 0.375 e. The number of anilines is 2. The monoisotopic (exact) mass is 448 g/mol. The third-order valence-electron chi connectivity index (χ3n) is 4.04. The highest BCUT2D eigenvalue weighted by molar-refractivity contribution is 7.15. The summed E-state index contributed by atoms with van der Waals surface area (Å²) in [6.07, 6.45) is -7.38. The van der Waals surface area contributed by atoms with Gasteiger partial charge in [0, 0.05) is 18.1 Å². The minimum Gasteiger partial charge on any atom is -0.375 e. The molecule has 2 aromatic heterocycles. The van der Waals surface area contributed by atoms with Crippen LogP contribution in [-0.2, 0) is 11.8 Å². The first-order valence-corrected chi connectivity index (χ1v) is 9.14. The number of halogens is 6. The van der Waals surface area contributed by atoms with Crippen LogP contribution in [0.15, 0.2) is 36.7 Å². The van der Waals surface area contributed by atoms with E-state index >= 15 is 0 Å². The molecule has 30 heavy (non-hydrogen) atoms. The molecule has 0 aliphatic carbocycles. The molecule has 1 unspecified atom stereocenters. The van der Waals surface area contributed by atoms with E-state index in [9.17, 15) is 31.4 Å². The van der Waals surface area contributed by atoms with E-state index < -0.39 is 28.7 Å². The maximum absolute atomic E-state index is 13.0. The molecule has 2 N–H and O–H groups in total. The van der Waals surface area contributed by atoms with Gasteiger partial charge in [-0.15, -0.1) is 11.3 Å². The lowest BCUT2D eigenvalue weighted by Crippen LogP contribution is -2.39. The molecule has 0 radical (unpaired) electrons. The highest BCUT2D eigenvalue weighted by Gasteiger charge is 2.53. The summed E-state index contributed by atoms with van der Waals surface area (Å²) in [7, 11) is 0. The highest BCUT2D eigenvalue weighted by atomic mass is 32.1. The Hall–Kier alpha value is -2.73. The number of aromatic nitrogens is 3. The largest absolute Gasteiger partial charge is 0.433 e. The van der Waals surface area contributed by atoms with Gasteiger partial charge in [-0.05, 0) is 43.2 Å². The van der Waals surface area contributed by atoms with Crippen molar-refractivity contribution in [3.05, 3.63) is 52.9 Å². The lowest BCUT2D eigenvalue weighted by atomic mass is 10.1. The van der Waals surface area contributed by atoms with Gasteiger partial charge in [-0.2, -0.15) is 26.3 Å². The molecule has 0 saturated carbocycles. The predicted molar refractivity (Wildman–Crippen MR) is 98.2 cm³/mol. The van der Waals surface area contributed by atoms with E-state index in [1.807, 2.05) is 0 Å². The molecular weight excluding hydrogens is 434 g/mol. The van der Waals surface area contributed by atoms with Crippen molar-refractivity contribution in [2.45, 2.75) is 31.8 Å². The molecule has 0 fully saturated rings. The van der Waals surface area contributed by atoms with Crippen molar-refractivity contribution in [3.8, 4) is 10.4 Å². The van der Waals surface area contributed by atoms with Crippen LogP contribution in [0.4, 0.5) is 38.0 Å². The number of alkyl halides is 6. The van der Waals surface area contributed by atoms with Crippen molar-refractivity contribution >= 4 is 23.0 Å². The highest BCUT2D eigenvalue weighted by Crippen LogP contribution is 2.42. The molecule has 0 aliphatic heterocycles. The third kappa shape index (κ3) is 4.54. The van der Waals surface area contributed by atoms with Crippen molar-refractivity contribution in [2.24, 2.45) is 0 Å². The summed E-state index contributed by atoms with van der Waals surface area (Å²) in [6.45, 7) is 2.32. The molecular formula is C18H14F6N4OS. The van der Waals surface area contributed by atoms with Crippen LogP contribution in [0, 0.1) is 6.92 Å². The Kier molecular flexibility index (Phi) is 5.50. The number of hydrogen-bond acceptors (Lipinski definition) is 6. The molecule has 3 aromatic rings. The van der Waals surface area contributed by atoms with E-state index in [0.717, 1.165) is 12.3 Å². The Balaban J connectivity index is 1.92. The number of rotatable bonds is 4. The van der Waals surface area contributed by atoms with Gasteiger partial charge in [0.1, 0.15) is 10.7 Å². The molecule has 1 aromatic carbocycles. The van der Waals surface area contributed by atoms with E-state index in [-0.39, 0.29) is 5.95 Å². The number of aliphatic hydroxyl groups is 1. The van der Waals surface area contributed by atoms with Gasteiger partial charge in [0.15, 0.2) is 0 Å². The van der Waals surface area contributed by atoms with Crippen molar-refractivity contribution in [3.63, 3.8) is 0 Å². The van der Waals surface area contributed by atoms with Crippen LogP contribution in [0.2, 0.25) is 0 Å². The Morgan fingerprint density at radius 1 is 1.03 bits per heavy atom. The maximum atomic E-state index is 13.0. The van der Waals surface area contributed by atoms with E-state index in [0.29, 0.717) is 40.0 Å². The Morgan fingerprint density at radius 3 is 2.37 bits per heavy atom. The summed E-state index contributed by atoms with van der Waals surface area (Å²) in [4.78, 5) is 11.2. The SMILES string of the molecule is Cc1cc(Nc2nccc(C(F)(F)F)n2)cc(-c2cnc(C(C)(O)C(F)(F)F)s2)c1. The Labute approximate surface area is 170 Å². The molecule has 2 heterocycles. The fourth-order valence-corrected chi connectivity index (χ4v) is 3.43. The summed E-state index contributed by atoms with van der Waals surface area (Å²) >= 11 is 0.660. The molecule has 0 aliphatic rings. The molecule has 0 spiro atoms.